The second-order valence-corrected chi connectivity index (χ2v) is 9.85. The van der Waals surface area contributed by atoms with Gasteiger partial charge < -0.3 is 9.64 Å². The molecule has 142 valence electrons. The van der Waals surface area contributed by atoms with Crippen molar-refractivity contribution in [1.29, 1.82) is 0 Å². The Morgan fingerprint density at radius 1 is 0.920 bits per heavy atom. The second kappa shape index (κ2) is 6.79. The van der Waals surface area contributed by atoms with Crippen molar-refractivity contribution in [3.63, 3.8) is 0 Å². The Balaban J connectivity index is 1.49. The summed E-state index contributed by atoms with van der Waals surface area (Å²) in [5.74, 6) is 0.213. The van der Waals surface area contributed by atoms with Crippen LogP contribution in [0.3, 0.4) is 0 Å². The summed E-state index contributed by atoms with van der Waals surface area (Å²) in [6.07, 6.45) is 7.11. The molecule has 25 heavy (non-hydrogen) atoms. The van der Waals surface area contributed by atoms with Crippen molar-refractivity contribution in [1.82, 2.24) is 13.5 Å². The zero-order chi connectivity index (χ0) is 17.5. The first kappa shape index (κ1) is 17.7. The van der Waals surface area contributed by atoms with E-state index >= 15 is 0 Å². The number of ether oxygens (including phenoxy) is 1. The molecule has 4 aliphatic rings. The van der Waals surface area contributed by atoms with Crippen molar-refractivity contribution < 1.29 is 17.9 Å². The summed E-state index contributed by atoms with van der Waals surface area (Å²) in [4.78, 5) is 15.3. The Morgan fingerprint density at radius 2 is 1.64 bits per heavy atom. The Kier molecular flexibility index (Phi) is 4.81. The molecule has 7 nitrogen and oxygen atoms in total. The SMILES string of the molecule is O=C1N(C2CCCC2)CCCC12CCN(S(=O)(=O)N1CCOCC1)C2. The number of morpholine rings is 1. The average Bonchev–Trinajstić information content (AvgIpc) is 3.29. The van der Waals surface area contributed by atoms with Crippen molar-refractivity contribution in [2.24, 2.45) is 5.41 Å². The van der Waals surface area contributed by atoms with Crippen molar-refractivity contribution in [3.05, 3.63) is 0 Å². The standard InChI is InChI=1S/C17H29N3O4S/c21-16-17(6-3-8-20(16)15-4-1-2-5-15)7-9-19(14-17)25(22,23)18-10-12-24-13-11-18/h15H,1-14H2. The zero-order valence-corrected chi connectivity index (χ0v) is 15.7. The molecule has 1 spiro atoms. The molecule has 4 rings (SSSR count). The van der Waals surface area contributed by atoms with Gasteiger partial charge in [0.15, 0.2) is 0 Å². The van der Waals surface area contributed by atoms with E-state index in [-0.39, 0.29) is 5.91 Å². The second-order valence-electron chi connectivity index (χ2n) is 7.92. The highest BCUT2D eigenvalue weighted by Crippen LogP contribution is 2.43. The predicted molar refractivity (Wildman–Crippen MR) is 93.1 cm³/mol. The van der Waals surface area contributed by atoms with Crippen LogP contribution in [0.5, 0.6) is 0 Å². The molecule has 1 atom stereocenters. The lowest BCUT2D eigenvalue weighted by molar-refractivity contribution is -0.148. The fourth-order valence-corrected chi connectivity index (χ4v) is 6.69. The smallest absolute Gasteiger partial charge is 0.282 e. The van der Waals surface area contributed by atoms with E-state index in [1.54, 1.807) is 4.31 Å². The minimum Gasteiger partial charge on any atom is -0.379 e. The van der Waals surface area contributed by atoms with Crippen LogP contribution in [0.1, 0.15) is 44.9 Å². The van der Waals surface area contributed by atoms with E-state index in [9.17, 15) is 13.2 Å². The van der Waals surface area contributed by atoms with Crippen LogP contribution >= 0.6 is 0 Å². The summed E-state index contributed by atoms with van der Waals surface area (Å²) in [6.45, 7) is 3.39. The molecular weight excluding hydrogens is 342 g/mol. The summed E-state index contributed by atoms with van der Waals surface area (Å²) >= 11 is 0. The monoisotopic (exact) mass is 371 g/mol. The molecule has 1 saturated carbocycles. The Morgan fingerprint density at radius 3 is 2.36 bits per heavy atom. The number of likely N-dealkylation sites (tertiary alicyclic amines) is 1. The predicted octanol–water partition coefficient (Wildman–Crippen LogP) is 0.821. The summed E-state index contributed by atoms with van der Waals surface area (Å²) in [7, 11) is -3.48. The van der Waals surface area contributed by atoms with Crippen LogP contribution in [0.15, 0.2) is 0 Å². The fraction of sp³-hybridized carbons (Fsp3) is 0.941. The maximum Gasteiger partial charge on any atom is 0.282 e. The lowest BCUT2D eigenvalue weighted by Crippen LogP contribution is -2.54. The van der Waals surface area contributed by atoms with Crippen LogP contribution in [0.2, 0.25) is 0 Å². The molecule has 0 aromatic carbocycles. The Hall–Kier alpha value is -0.700. The lowest BCUT2D eigenvalue weighted by Gasteiger charge is -2.42. The summed E-state index contributed by atoms with van der Waals surface area (Å²) < 4.78 is 34.2. The number of piperidine rings is 1. The van der Waals surface area contributed by atoms with E-state index in [4.69, 9.17) is 4.74 Å². The number of amides is 1. The maximum absolute atomic E-state index is 13.3. The van der Waals surface area contributed by atoms with E-state index in [0.717, 1.165) is 32.2 Å². The van der Waals surface area contributed by atoms with Gasteiger partial charge in [-0.25, -0.2) is 0 Å². The normalized spacial score (nSPS) is 33.6. The summed E-state index contributed by atoms with van der Waals surface area (Å²) in [5.41, 5.74) is -0.486. The zero-order valence-electron chi connectivity index (χ0n) is 14.9. The first-order valence-corrected chi connectivity index (χ1v) is 11.1. The molecule has 0 aromatic rings. The van der Waals surface area contributed by atoms with Gasteiger partial charge in [-0.2, -0.15) is 17.0 Å². The lowest BCUT2D eigenvalue weighted by atomic mass is 9.78. The topological polar surface area (TPSA) is 70.2 Å². The third-order valence-corrected chi connectivity index (χ3v) is 8.46. The van der Waals surface area contributed by atoms with Gasteiger partial charge >= 0.3 is 0 Å². The van der Waals surface area contributed by atoms with Gasteiger partial charge in [0, 0.05) is 38.8 Å². The summed E-state index contributed by atoms with van der Waals surface area (Å²) in [5, 5.41) is 0. The minimum absolute atomic E-state index is 0.213. The van der Waals surface area contributed by atoms with Gasteiger partial charge in [0.05, 0.1) is 18.6 Å². The highest BCUT2D eigenvalue weighted by molar-refractivity contribution is 7.86. The Bertz CT molecular complexity index is 613. The van der Waals surface area contributed by atoms with Gasteiger partial charge in [-0.15, -0.1) is 0 Å². The van der Waals surface area contributed by atoms with E-state index in [0.29, 0.717) is 51.9 Å². The van der Waals surface area contributed by atoms with Crippen molar-refractivity contribution in [2.75, 3.05) is 45.9 Å². The van der Waals surface area contributed by atoms with Crippen molar-refractivity contribution in [2.45, 2.75) is 51.0 Å². The molecule has 8 heteroatoms. The van der Waals surface area contributed by atoms with E-state index < -0.39 is 15.6 Å². The highest BCUT2D eigenvalue weighted by Gasteiger charge is 2.52. The molecule has 1 amide bonds. The maximum atomic E-state index is 13.3. The third kappa shape index (κ3) is 3.11. The van der Waals surface area contributed by atoms with Crippen molar-refractivity contribution >= 4 is 16.1 Å². The van der Waals surface area contributed by atoms with Gasteiger partial charge in [-0.1, -0.05) is 12.8 Å². The Labute approximate surface area is 150 Å². The number of nitrogens with zero attached hydrogens (tertiary/aromatic N) is 3. The molecule has 0 radical (unpaired) electrons. The number of carbonyl (C=O) groups excluding carboxylic acids is 1. The third-order valence-electron chi connectivity index (χ3n) is 6.48. The van der Waals surface area contributed by atoms with Crippen LogP contribution in [0.4, 0.5) is 0 Å². The minimum atomic E-state index is -3.48. The molecular formula is C17H29N3O4S. The van der Waals surface area contributed by atoms with Crippen LogP contribution < -0.4 is 0 Å². The number of carbonyl (C=O) groups is 1. The number of hydrogen-bond donors (Lipinski definition) is 0. The first-order valence-electron chi connectivity index (χ1n) is 9.67. The highest BCUT2D eigenvalue weighted by atomic mass is 32.2. The van der Waals surface area contributed by atoms with E-state index in [1.807, 2.05) is 0 Å². The largest absolute Gasteiger partial charge is 0.379 e. The van der Waals surface area contributed by atoms with Crippen LogP contribution in [-0.4, -0.2) is 79.8 Å². The van der Waals surface area contributed by atoms with Crippen molar-refractivity contribution in [3.8, 4) is 0 Å². The molecule has 4 fully saturated rings. The van der Waals surface area contributed by atoms with Crippen LogP contribution in [0, 0.1) is 5.41 Å². The average molecular weight is 372 g/mol. The van der Waals surface area contributed by atoms with E-state index in [1.165, 1.54) is 17.1 Å². The van der Waals surface area contributed by atoms with Gasteiger partial charge in [-0.3, -0.25) is 4.79 Å². The van der Waals surface area contributed by atoms with E-state index in [2.05, 4.69) is 4.90 Å². The first-order chi connectivity index (χ1) is 12.0. The molecule has 3 heterocycles. The summed E-state index contributed by atoms with van der Waals surface area (Å²) in [6, 6.07) is 0.384. The quantitative estimate of drug-likeness (QED) is 0.737. The number of rotatable bonds is 3. The van der Waals surface area contributed by atoms with Gasteiger partial charge in [0.25, 0.3) is 10.2 Å². The molecule has 0 bridgehead atoms. The molecule has 3 saturated heterocycles. The number of hydrogen-bond acceptors (Lipinski definition) is 4. The van der Waals surface area contributed by atoms with Crippen LogP contribution in [-0.2, 0) is 19.7 Å². The van der Waals surface area contributed by atoms with Gasteiger partial charge in [0.2, 0.25) is 5.91 Å². The molecule has 3 aliphatic heterocycles. The molecule has 0 aromatic heterocycles. The van der Waals surface area contributed by atoms with Gasteiger partial charge in [0.1, 0.15) is 0 Å². The van der Waals surface area contributed by atoms with Gasteiger partial charge in [-0.05, 0) is 32.1 Å². The van der Waals surface area contributed by atoms with Crippen LogP contribution in [0.25, 0.3) is 0 Å². The molecule has 1 aliphatic carbocycles. The molecule has 0 N–H and O–H groups in total. The fourth-order valence-electron chi connectivity index (χ4n) is 5.02. The molecule has 1 unspecified atom stereocenters.